The van der Waals surface area contributed by atoms with Gasteiger partial charge in [-0.1, -0.05) is 28.4 Å². The standard InChI is InChI=1S/C16H15Cl2N3O5S.2Na/c1-3-21(20-19-14-8-13(18)12(17)6-9(14)2)15-5-4-10(27(24,25)26)7-11(15)16(22)23;;/h4-8H,3H2,1-2H3,(H,22,23)(H,24,25,26);;/q;2*+1/p-2. The van der Waals surface area contributed by atoms with Gasteiger partial charge in [0.1, 0.15) is 10.1 Å². The molecule has 144 valence electrons. The largest absolute Gasteiger partial charge is 1.00 e. The van der Waals surface area contributed by atoms with Crippen LogP contribution in [0.5, 0.6) is 0 Å². The summed E-state index contributed by atoms with van der Waals surface area (Å²) >= 11 is 11.9. The predicted molar refractivity (Wildman–Crippen MR) is 97.5 cm³/mol. The molecule has 0 aromatic heterocycles. The van der Waals surface area contributed by atoms with E-state index in [4.69, 9.17) is 23.2 Å². The van der Waals surface area contributed by atoms with Crippen molar-refractivity contribution >= 4 is 50.7 Å². The van der Waals surface area contributed by atoms with Crippen molar-refractivity contribution in [2.75, 3.05) is 11.6 Å². The van der Waals surface area contributed by atoms with Crippen LogP contribution in [0.4, 0.5) is 11.4 Å². The van der Waals surface area contributed by atoms with E-state index in [1.165, 1.54) is 11.1 Å². The maximum absolute atomic E-state index is 11.4. The van der Waals surface area contributed by atoms with Gasteiger partial charge >= 0.3 is 59.1 Å². The van der Waals surface area contributed by atoms with E-state index in [0.29, 0.717) is 16.3 Å². The number of aromatic carboxylic acids is 1. The molecule has 0 radical (unpaired) electrons. The van der Waals surface area contributed by atoms with Gasteiger partial charge in [0.2, 0.25) is 0 Å². The summed E-state index contributed by atoms with van der Waals surface area (Å²) in [5.41, 5.74) is 0.624. The van der Waals surface area contributed by atoms with Crippen molar-refractivity contribution in [1.82, 2.24) is 0 Å². The van der Waals surface area contributed by atoms with Crippen molar-refractivity contribution in [3.63, 3.8) is 0 Å². The number of carbonyl (C=O) groups excluding carboxylic acids is 1. The minimum atomic E-state index is -4.82. The molecule has 0 aliphatic carbocycles. The number of carboxylic acid groups (broad SMARTS) is 1. The minimum Gasteiger partial charge on any atom is -0.744 e. The van der Waals surface area contributed by atoms with Crippen molar-refractivity contribution in [2.24, 2.45) is 10.3 Å². The number of rotatable bonds is 6. The van der Waals surface area contributed by atoms with Crippen molar-refractivity contribution in [1.29, 1.82) is 0 Å². The Balaban J connectivity index is 0.00000392. The van der Waals surface area contributed by atoms with Crippen LogP contribution in [0.25, 0.3) is 0 Å². The SMILES string of the molecule is CCN(N=Nc1cc(Cl)c(Cl)cc1C)c1ccc(S(=O)(=O)[O-])cc1C(=O)[O-].[Na+].[Na+]. The smallest absolute Gasteiger partial charge is 0.744 e. The summed E-state index contributed by atoms with van der Waals surface area (Å²) in [7, 11) is -4.82. The van der Waals surface area contributed by atoms with Gasteiger partial charge in [-0.2, -0.15) is 0 Å². The number of hydrogen-bond acceptors (Lipinski definition) is 7. The van der Waals surface area contributed by atoms with Crippen LogP contribution in [-0.4, -0.2) is 25.5 Å². The van der Waals surface area contributed by atoms with Crippen LogP contribution in [0, 0.1) is 6.92 Å². The van der Waals surface area contributed by atoms with Crippen molar-refractivity contribution in [2.45, 2.75) is 18.7 Å². The van der Waals surface area contributed by atoms with Gasteiger partial charge in [0.15, 0.2) is 0 Å². The fourth-order valence-electron chi connectivity index (χ4n) is 2.19. The van der Waals surface area contributed by atoms with Crippen LogP contribution in [0.1, 0.15) is 22.8 Å². The Morgan fingerprint density at radius 1 is 1.14 bits per heavy atom. The van der Waals surface area contributed by atoms with Gasteiger partial charge in [-0.15, -0.1) is 5.11 Å². The maximum Gasteiger partial charge on any atom is 1.00 e. The molecule has 0 fully saturated rings. The molecule has 0 aliphatic heterocycles. The Hall–Kier alpha value is -0.200. The predicted octanol–water partition coefficient (Wildman–Crippen LogP) is -2.90. The zero-order valence-electron chi connectivity index (χ0n) is 16.1. The summed E-state index contributed by atoms with van der Waals surface area (Å²) in [6, 6.07) is 5.99. The molecule has 0 saturated carbocycles. The monoisotopic (exact) mass is 475 g/mol. The molecule has 0 spiro atoms. The number of benzene rings is 2. The average molecular weight is 476 g/mol. The molecule has 0 atom stereocenters. The van der Waals surface area contributed by atoms with Crippen molar-refractivity contribution in [3.8, 4) is 0 Å². The molecule has 0 N–H and O–H groups in total. The Morgan fingerprint density at radius 2 is 1.72 bits per heavy atom. The summed E-state index contributed by atoms with van der Waals surface area (Å²) in [5, 5.41) is 21.3. The number of anilines is 1. The van der Waals surface area contributed by atoms with E-state index in [1.54, 1.807) is 19.9 Å². The first-order valence-corrected chi connectivity index (χ1v) is 9.67. The molecule has 0 bridgehead atoms. The second kappa shape index (κ2) is 12.0. The molecular weight excluding hydrogens is 463 g/mol. The first-order valence-electron chi connectivity index (χ1n) is 7.50. The van der Waals surface area contributed by atoms with Gasteiger partial charge in [0, 0.05) is 12.1 Å². The van der Waals surface area contributed by atoms with Crippen LogP contribution >= 0.6 is 23.2 Å². The zero-order chi connectivity index (χ0) is 20.4. The van der Waals surface area contributed by atoms with Gasteiger partial charge in [-0.3, -0.25) is 0 Å². The van der Waals surface area contributed by atoms with E-state index in [0.717, 1.165) is 18.2 Å². The normalized spacial score (nSPS) is 10.9. The van der Waals surface area contributed by atoms with E-state index >= 15 is 0 Å². The third kappa shape index (κ3) is 7.46. The molecule has 2 aromatic rings. The molecule has 0 saturated heterocycles. The molecule has 0 aliphatic rings. The summed E-state index contributed by atoms with van der Waals surface area (Å²) in [6.45, 7) is 3.62. The number of hydrogen-bond donors (Lipinski definition) is 0. The maximum atomic E-state index is 11.4. The third-order valence-corrected chi connectivity index (χ3v) is 5.11. The Labute approximate surface area is 222 Å². The van der Waals surface area contributed by atoms with Crippen LogP contribution in [0.2, 0.25) is 10.0 Å². The van der Waals surface area contributed by atoms with Crippen molar-refractivity contribution in [3.05, 3.63) is 51.5 Å². The first-order chi connectivity index (χ1) is 12.5. The summed E-state index contributed by atoms with van der Waals surface area (Å²) in [4.78, 5) is 10.7. The van der Waals surface area contributed by atoms with Gasteiger partial charge in [-0.25, -0.2) is 13.4 Å². The summed E-state index contributed by atoms with van der Waals surface area (Å²) < 4.78 is 33.4. The topological polar surface area (TPSA) is 125 Å². The molecule has 13 heteroatoms. The molecule has 8 nitrogen and oxygen atoms in total. The Kier molecular flexibility index (Phi) is 11.9. The van der Waals surface area contributed by atoms with E-state index in [9.17, 15) is 22.9 Å². The summed E-state index contributed by atoms with van der Waals surface area (Å²) in [6.07, 6.45) is 0. The van der Waals surface area contributed by atoms with Crippen LogP contribution < -0.4 is 69.2 Å². The molecule has 0 heterocycles. The fraction of sp³-hybridized carbons (Fsp3) is 0.188. The molecule has 0 unspecified atom stereocenters. The van der Waals surface area contributed by atoms with Gasteiger partial charge in [0.05, 0.1) is 32.3 Å². The number of carboxylic acids is 1. The third-order valence-electron chi connectivity index (χ3n) is 3.55. The summed E-state index contributed by atoms with van der Waals surface area (Å²) in [5.74, 6) is -1.66. The van der Waals surface area contributed by atoms with Crippen LogP contribution in [-0.2, 0) is 10.1 Å². The van der Waals surface area contributed by atoms with Gasteiger partial charge in [-0.05, 0) is 49.7 Å². The average Bonchev–Trinajstić information content (AvgIpc) is 2.58. The number of carbonyl (C=O) groups is 1. The molecule has 29 heavy (non-hydrogen) atoms. The van der Waals surface area contributed by atoms with Gasteiger partial charge < -0.3 is 14.5 Å². The molecule has 2 rings (SSSR count). The number of aryl methyl sites for hydroxylation is 1. The zero-order valence-corrected chi connectivity index (χ0v) is 22.5. The fourth-order valence-corrected chi connectivity index (χ4v) is 3.06. The second-order valence-electron chi connectivity index (χ2n) is 5.38. The van der Waals surface area contributed by atoms with E-state index in [2.05, 4.69) is 10.3 Å². The molecular formula is C16H13Cl2N3Na2O5S. The Morgan fingerprint density at radius 3 is 2.24 bits per heavy atom. The van der Waals surface area contributed by atoms with Gasteiger partial charge in [0.25, 0.3) is 0 Å². The Bertz CT molecular complexity index is 1040. The van der Waals surface area contributed by atoms with E-state index in [1.807, 2.05) is 0 Å². The van der Waals surface area contributed by atoms with E-state index < -0.39 is 26.5 Å². The second-order valence-corrected chi connectivity index (χ2v) is 7.57. The number of nitrogens with zero attached hydrogens (tertiary/aromatic N) is 3. The molecule has 0 amide bonds. The minimum absolute atomic E-state index is 0. The quantitative estimate of drug-likeness (QED) is 0.191. The van der Waals surface area contributed by atoms with Crippen LogP contribution in [0.3, 0.4) is 0 Å². The van der Waals surface area contributed by atoms with E-state index in [-0.39, 0.29) is 76.4 Å². The number of halogens is 2. The van der Waals surface area contributed by atoms with Crippen LogP contribution in [0.15, 0.2) is 45.6 Å². The first kappa shape index (κ1) is 28.8. The molecule has 2 aromatic carbocycles. The van der Waals surface area contributed by atoms with Crippen molar-refractivity contribution < 1.29 is 82.0 Å².